The Morgan fingerprint density at radius 1 is 1.11 bits per heavy atom. The minimum absolute atomic E-state index is 0.0180. The first-order valence-corrected chi connectivity index (χ1v) is 10.3. The van der Waals surface area contributed by atoms with Crippen molar-refractivity contribution >= 4 is 17.6 Å². The average molecular weight is 490 g/mol. The molecule has 2 aromatic heterocycles. The third kappa shape index (κ3) is 6.93. The van der Waals surface area contributed by atoms with Gasteiger partial charge in [0.15, 0.2) is 5.82 Å². The highest BCUT2D eigenvalue weighted by atomic mass is 19.3. The van der Waals surface area contributed by atoms with Crippen molar-refractivity contribution < 1.29 is 32.6 Å². The molecule has 0 atom stereocenters. The van der Waals surface area contributed by atoms with E-state index in [1.165, 1.54) is 49.3 Å². The number of hydrogen-bond donors (Lipinski definition) is 2. The van der Waals surface area contributed by atoms with Crippen molar-refractivity contribution in [1.82, 2.24) is 25.1 Å². The smallest absolute Gasteiger partial charge is 0.348 e. The maximum atomic E-state index is 12.9. The molecule has 0 aliphatic heterocycles. The standard InChI is InChI=1S/C22H24F2N6O5/c1-12-9-27-29-18(12)28-19(31)13-6-14(8-15(7-13)34-22(2,3)35-21(23)24)33-17-11-25-16(10-26-17)20(32)30(4)5/h6-11,21H,1-5H3,(H2,27,28,29,31). The van der Waals surface area contributed by atoms with Gasteiger partial charge in [-0.1, -0.05) is 0 Å². The van der Waals surface area contributed by atoms with Crippen LogP contribution in [0.4, 0.5) is 14.6 Å². The van der Waals surface area contributed by atoms with Gasteiger partial charge in [0.25, 0.3) is 11.8 Å². The number of H-pyrrole nitrogens is 1. The van der Waals surface area contributed by atoms with Gasteiger partial charge in [-0.3, -0.25) is 19.4 Å². The summed E-state index contributed by atoms with van der Waals surface area (Å²) in [5.41, 5.74) is 0.899. The molecule has 11 nitrogen and oxygen atoms in total. The van der Waals surface area contributed by atoms with E-state index in [0.717, 1.165) is 0 Å². The summed E-state index contributed by atoms with van der Waals surface area (Å²) in [6.07, 6.45) is 4.09. The fraction of sp³-hybridized carbons (Fsp3) is 0.318. The Morgan fingerprint density at radius 2 is 1.83 bits per heavy atom. The van der Waals surface area contributed by atoms with E-state index in [-0.39, 0.29) is 34.5 Å². The number of ether oxygens (including phenoxy) is 3. The zero-order valence-corrected chi connectivity index (χ0v) is 19.6. The molecule has 2 amide bonds. The summed E-state index contributed by atoms with van der Waals surface area (Å²) in [6, 6.07) is 4.10. The lowest BCUT2D eigenvalue weighted by Crippen LogP contribution is -2.34. The van der Waals surface area contributed by atoms with E-state index in [4.69, 9.17) is 9.47 Å². The monoisotopic (exact) mass is 490 g/mol. The molecule has 186 valence electrons. The Labute approximate surface area is 199 Å². The molecule has 0 radical (unpaired) electrons. The van der Waals surface area contributed by atoms with Crippen molar-refractivity contribution in [2.75, 3.05) is 19.4 Å². The number of benzene rings is 1. The van der Waals surface area contributed by atoms with Crippen LogP contribution in [0.3, 0.4) is 0 Å². The summed E-state index contributed by atoms with van der Waals surface area (Å²) in [5, 5.41) is 9.22. The number of carbonyl (C=O) groups is 2. The molecule has 2 N–H and O–H groups in total. The number of nitrogens with zero attached hydrogens (tertiary/aromatic N) is 4. The van der Waals surface area contributed by atoms with Gasteiger partial charge in [0, 0.05) is 51.3 Å². The maximum Gasteiger partial charge on any atom is 0.348 e. The predicted octanol–water partition coefficient (Wildman–Crippen LogP) is 3.61. The zero-order valence-electron chi connectivity index (χ0n) is 19.6. The Kier molecular flexibility index (Phi) is 7.59. The predicted molar refractivity (Wildman–Crippen MR) is 120 cm³/mol. The molecule has 0 spiro atoms. The fourth-order valence-corrected chi connectivity index (χ4v) is 2.83. The number of amides is 2. The highest BCUT2D eigenvalue weighted by Crippen LogP contribution is 2.30. The van der Waals surface area contributed by atoms with E-state index >= 15 is 0 Å². The number of aromatic nitrogens is 4. The zero-order chi connectivity index (χ0) is 25.8. The van der Waals surface area contributed by atoms with E-state index in [1.54, 1.807) is 27.2 Å². The molecule has 3 rings (SSSR count). The van der Waals surface area contributed by atoms with Crippen molar-refractivity contribution in [2.45, 2.75) is 33.2 Å². The lowest BCUT2D eigenvalue weighted by molar-refractivity contribution is -0.264. The lowest BCUT2D eigenvalue weighted by Gasteiger charge is -2.26. The molecular weight excluding hydrogens is 466 g/mol. The SMILES string of the molecule is Cc1c[nH]nc1NC(=O)c1cc(Oc2cnc(C(=O)N(C)C)cn2)cc(OC(C)(C)OC(F)F)c1. The van der Waals surface area contributed by atoms with Crippen LogP contribution in [-0.2, 0) is 4.74 Å². The van der Waals surface area contributed by atoms with Crippen LogP contribution >= 0.6 is 0 Å². The molecule has 0 fully saturated rings. The number of anilines is 1. The quantitative estimate of drug-likeness (QED) is 0.435. The van der Waals surface area contributed by atoms with E-state index in [1.807, 2.05) is 0 Å². The van der Waals surface area contributed by atoms with Crippen LogP contribution in [0.1, 0.15) is 40.3 Å². The lowest BCUT2D eigenvalue weighted by atomic mass is 10.1. The molecule has 0 unspecified atom stereocenters. The normalized spacial score (nSPS) is 11.3. The van der Waals surface area contributed by atoms with Gasteiger partial charge in [0.1, 0.15) is 17.2 Å². The van der Waals surface area contributed by atoms with Crippen LogP contribution in [0.25, 0.3) is 0 Å². The molecule has 0 saturated carbocycles. The molecule has 1 aromatic carbocycles. The van der Waals surface area contributed by atoms with Crippen molar-refractivity contribution in [2.24, 2.45) is 0 Å². The summed E-state index contributed by atoms with van der Waals surface area (Å²) < 4.78 is 41.2. The summed E-state index contributed by atoms with van der Waals surface area (Å²) in [4.78, 5) is 34.3. The summed E-state index contributed by atoms with van der Waals surface area (Å²) in [6.45, 7) is 1.27. The number of carbonyl (C=O) groups excluding carboxylic acids is 2. The molecule has 0 aliphatic carbocycles. The Morgan fingerprint density at radius 3 is 2.40 bits per heavy atom. The molecule has 0 bridgehead atoms. The van der Waals surface area contributed by atoms with Gasteiger partial charge < -0.3 is 19.7 Å². The first-order chi connectivity index (χ1) is 16.4. The molecule has 0 aliphatic rings. The number of rotatable bonds is 9. The number of hydrogen-bond acceptors (Lipinski definition) is 8. The van der Waals surface area contributed by atoms with Gasteiger partial charge in [0.2, 0.25) is 11.7 Å². The second-order valence-corrected chi connectivity index (χ2v) is 7.99. The summed E-state index contributed by atoms with van der Waals surface area (Å²) >= 11 is 0. The van der Waals surface area contributed by atoms with Gasteiger partial charge in [-0.25, -0.2) is 9.97 Å². The average Bonchev–Trinajstić information content (AvgIpc) is 3.16. The number of halogens is 2. The van der Waals surface area contributed by atoms with E-state index in [0.29, 0.717) is 11.4 Å². The van der Waals surface area contributed by atoms with Crippen LogP contribution in [0.2, 0.25) is 0 Å². The first kappa shape index (κ1) is 25.5. The number of aromatic amines is 1. The largest absolute Gasteiger partial charge is 0.463 e. The number of aryl methyl sites for hydroxylation is 1. The van der Waals surface area contributed by atoms with Crippen molar-refractivity contribution in [3.8, 4) is 17.4 Å². The maximum absolute atomic E-state index is 12.9. The van der Waals surface area contributed by atoms with Crippen molar-refractivity contribution in [3.05, 3.63) is 53.6 Å². The molecule has 13 heteroatoms. The van der Waals surface area contributed by atoms with Crippen LogP contribution in [0.5, 0.6) is 17.4 Å². The topological polar surface area (TPSA) is 132 Å². The van der Waals surface area contributed by atoms with Crippen molar-refractivity contribution in [1.29, 1.82) is 0 Å². The third-order valence-corrected chi connectivity index (χ3v) is 4.42. The van der Waals surface area contributed by atoms with E-state index in [2.05, 4.69) is 30.2 Å². The fourth-order valence-electron chi connectivity index (χ4n) is 2.83. The van der Waals surface area contributed by atoms with Gasteiger partial charge in [-0.05, 0) is 19.1 Å². The van der Waals surface area contributed by atoms with Gasteiger partial charge in [-0.15, -0.1) is 0 Å². The number of alkyl halides is 2. The summed E-state index contributed by atoms with van der Waals surface area (Å²) in [5.74, 6) is -2.15. The minimum atomic E-state index is -3.08. The Balaban J connectivity index is 1.90. The molecular formula is C22H24F2N6O5. The highest BCUT2D eigenvalue weighted by Gasteiger charge is 2.26. The minimum Gasteiger partial charge on any atom is -0.463 e. The number of nitrogens with one attached hydrogen (secondary N) is 2. The molecule has 0 saturated heterocycles. The van der Waals surface area contributed by atoms with Crippen LogP contribution in [0, 0.1) is 6.92 Å². The molecule has 2 heterocycles. The Hall–Kier alpha value is -4.13. The second-order valence-electron chi connectivity index (χ2n) is 7.99. The van der Waals surface area contributed by atoms with Crippen LogP contribution < -0.4 is 14.8 Å². The molecule has 35 heavy (non-hydrogen) atoms. The third-order valence-electron chi connectivity index (χ3n) is 4.42. The van der Waals surface area contributed by atoms with Gasteiger partial charge in [0.05, 0.1) is 12.4 Å². The Bertz CT molecular complexity index is 1200. The molecule has 3 aromatic rings. The van der Waals surface area contributed by atoms with Crippen molar-refractivity contribution in [3.63, 3.8) is 0 Å². The first-order valence-electron chi connectivity index (χ1n) is 10.3. The summed E-state index contributed by atoms with van der Waals surface area (Å²) in [7, 11) is 3.16. The van der Waals surface area contributed by atoms with Crippen LogP contribution in [-0.4, -0.2) is 63.4 Å². The van der Waals surface area contributed by atoms with Gasteiger partial charge >= 0.3 is 6.61 Å². The second kappa shape index (κ2) is 10.4. The highest BCUT2D eigenvalue weighted by molar-refractivity contribution is 6.04. The van der Waals surface area contributed by atoms with Gasteiger partial charge in [-0.2, -0.15) is 13.9 Å². The van der Waals surface area contributed by atoms with E-state index in [9.17, 15) is 18.4 Å². The van der Waals surface area contributed by atoms with Crippen LogP contribution in [0.15, 0.2) is 36.8 Å². The van der Waals surface area contributed by atoms with E-state index < -0.39 is 18.3 Å².